The van der Waals surface area contributed by atoms with Crippen molar-refractivity contribution < 1.29 is 9.53 Å². The number of para-hydroxylation sites is 1. The van der Waals surface area contributed by atoms with Gasteiger partial charge in [-0.3, -0.25) is 4.79 Å². The third-order valence-electron chi connectivity index (χ3n) is 2.36. The SMILES string of the molecule is COCCn1c(=NC(C)=O)sc2ccccc21. The molecule has 0 fully saturated rings. The fourth-order valence-corrected chi connectivity index (χ4v) is 2.74. The molecule has 0 saturated carbocycles. The lowest BCUT2D eigenvalue weighted by Crippen LogP contribution is -2.18. The van der Waals surface area contributed by atoms with Crippen LogP contribution in [0.1, 0.15) is 6.92 Å². The summed E-state index contributed by atoms with van der Waals surface area (Å²) in [6, 6.07) is 8.02. The third kappa shape index (κ3) is 2.62. The Hall–Kier alpha value is -1.46. The van der Waals surface area contributed by atoms with Crippen LogP contribution < -0.4 is 4.80 Å². The lowest BCUT2D eigenvalue weighted by atomic mass is 10.3. The van der Waals surface area contributed by atoms with Gasteiger partial charge in [0.2, 0.25) is 5.91 Å². The van der Waals surface area contributed by atoms with E-state index in [9.17, 15) is 4.79 Å². The van der Waals surface area contributed by atoms with Gasteiger partial charge in [0.25, 0.3) is 0 Å². The molecule has 17 heavy (non-hydrogen) atoms. The second kappa shape index (κ2) is 5.25. The maximum Gasteiger partial charge on any atom is 0.245 e. The lowest BCUT2D eigenvalue weighted by Gasteiger charge is -2.03. The average molecular weight is 250 g/mol. The summed E-state index contributed by atoms with van der Waals surface area (Å²) in [5.41, 5.74) is 1.09. The first kappa shape index (κ1) is 12.0. The highest BCUT2D eigenvalue weighted by Crippen LogP contribution is 2.16. The molecule has 1 heterocycles. The molecule has 2 rings (SSSR count). The van der Waals surface area contributed by atoms with Crippen LogP contribution in [0.25, 0.3) is 10.2 Å². The quantitative estimate of drug-likeness (QED) is 0.833. The molecule has 0 radical (unpaired) electrons. The number of thiazole rings is 1. The summed E-state index contributed by atoms with van der Waals surface area (Å²) >= 11 is 1.52. The highest BCUT2D eigenvalue weighted by atomic mass is 32.1. The summed E-state index contributed by atoms with van der Waals surface area (Å²) < 4.78 is 8.23. The third-order valence-corrected chi connectivity index (χ3v) is 3.42. The number of benzene rings is 1. The fraction of sp³-hybridized carbons (Fsp3) is 0.333. The number of methoxy groups -OCH3 is 1. The highest BCUT2D eigenvalue weighted by Gasteiger charge is 2.05. The van der Waals surface area contributed by atoms with Crippen molar-refractivity contribution >= 4 is 27.5 Å². The largest absolute Gasteiger partial charge is 0.383 e. The Morgan fingerprint density at radius 2 is 2.24 bits per heavy atom. The number of fused-ring (bicyclic) bond motifs is 1. The standard InChI is InChI=1S/C12H14N2O2S/c1-9(15)13-12-14(7-8-16-2)10-5-3-4-6-11(10)17-12/h3-6H,7-8H2,1-2H3. The van der Waals surface area contributed by atoms with Gasteiger partial charge in [0.15, 0.2) is 4.80 Å². The molecule has 4 nitrogen and oxygen atoms in total. The van der Waals surface area contributed by atoms with Crippen LogP contribution in [-0.4, -0.2) is 24.2 Å². The topological polar surface area (TPSA) is 43.6 Å². The van der Waals surface area contributed by atoms with Crippen LogP contribution in [0.15, 0.2) is 29.3 Å². The minimum atomic E-state index is -0.178. The average Bonchev–Trinajstić information content (AvgIpc) is 2.63. The molecule has 1 aromatic heterocycles. The van der Waals surface area contributed by atoms with Crippen molar-refractivity contribution in [3.8, 4) is 0 Å². The van der Waals surface area contributed by atoms with Crippen LogP contribution in [0, 0.1) is 0 Å². The van der Waals surface area contributed by atoms with E-state index in [2.05, 4.69) is 4.99 Å². The van der Waals surface area contributed by atoms with Crippen molar-refractivity contribution in [2.45, 2.75) is 13.5 Å². The summed E-state index contributed by atoms with van der Waals surface area (Å²) in [5.74, 6) is -0.178. The molecule has 5 heteroatoms. The van der Waals surface area contributed by atoms with Gasteiger partial charge >= 0.3 is 0 Å². The van der Waals surface area contributed by atoms with Crippen molar-refractivity contribution in [1.82, 2.24) is 4.57 Å². The Kier molecular flexibility index (Phi) is 3.71. The lowest BCUT2D eigenvalue weighted by molar-refractivity contribution is -0.116. The van der Waals surface area contributed by atoms with Crippen LogP contribution in [0.3, 0.4) is 0 Å². The Bertz CT molecular complexity index is 598. The Labute approximate surface area is 103 Å². The van der Waals surface area contributed by atoms with Crippen LogP contribution in [0.4, 0.5) is 0 Å². The molecule has 0 aliphatic rings. The molecule has 0 atom stereocenters. The molecule has 0 aliphatic carbocycles. The molecular weight excluding hydrogens is 236 g/mol. The van der Waals surface area contributed by atoms with Crippen molar-refractivity contribution in [2.75, 3.05) is 13.7 Å². The minimum absolute atomic E-state index is 0.178. The summed E-state index contributed by atoms with van der Waals surface area (Å²) in [6.45, 7) is 2.77. The van der Waals surface area contributed by atoms with Gasteiger partial charge in [-0.05, 0) is 12.1 Å². The summed E-state index contributed by atoms with van der Waals surface area (Å²) in [7, 11) is 1.66. The molecule has 0 spiro atoms. The molecule has 0 bridgehead atoms. The van der Waals surface area contributed by atoms with Gasteiger partial charge in [-0.25, -0.2) is 0 Å². The van der Waals surface area contributed by atoms with Crippen molar-refractivity contribution in [1.29, 1.82) is 0 Å². The van der Waals surface area contributed by atoms with E-state index < -0.39 is 0 Å². The van der Waals surface area contributed by atoms with Crippen molar-refractivity contribution in [3.05, 3.63) is 29.1 Å². The number of amides is 1. The van der Waals surface area contributed by atoms with Gasteiger partial charge < -0.3 is 9.30 Å². The number of hydrogen-bond acceptors (Lipinski definition) is 3. The predicted octanol–water partition coefficient (Wildman–Crippen LogP) is 1.80. The first-order chi connectivity index (χ1) is 8.22. The van der Waals surface area contributed by atoms with Gasteiger partial charge in [-0.1, -0.05) is 23.5 Å². The van der Waals surface area contributed by atoms with Gasteiger partial charge in [0.1, 0.15) is 0 Å². The van der Waals surface area contributed by atoms with E-state index in [0.717, 1.165) is 15.0 Å². The Morgan fingerprint density at radius 1 is 1.47 bits per heavy atom. The van der Waals surface area contributed by atoms with E-state index >= 15 is 0 Å². The molecule has 0 N–H and O–H groups in total. The zero-order chi connectivity index (χ0) is 12.3. The van der Waals surface area contributed by atoms with Crippen molar-refractivity contribution in [2.24, 2.45) is 4.99 Å². The van der Waals surface area contributed by atoms with E-state index in [1.165, 1.54) is 18.3 Å². The zero-order valence-corrected chi connectivity index (χ0v) is 10.7. The number of carbonyl (C=O) groups is 1. The normalized spacial score (nSPS) is 12.2. The molecule has 1 aromatic carbocycles. The first-order valence-electron chi connectivity index (χ1n) is 5.35. The second-order valence-corrected chi connectivity index (χ2v) is 4.64. The van der Waals surface area contributed by atoms with Crippen LogP contribution in [-0.2, 0) is 16.1 Å². The number of carbonyl (C=O) groups excluding carboxylic acids is 1. The number of aromatic nitrogens is 1. The van der Waals surface area contributed by atoms with E-state index in [0.29, 0.717) is 13.2 Å². The summed E-state index contributed by atoms with van der Waals surface area (Å²) in [6.07, 6.45) is 0. The first-order valence-corrected chi connectivity index (χ1v) is 6.16. The molecule has 0 unspecified atom stereocenters. The molecule has 2 aromatic rings. The zero-order valence-electron chi connectivity index (χ0n) is 9.84. The van der Waals surface area contributed by atoms with E-state index in [1.54, 1.807) is 7.11 Å². The van der Waals surface area contributed by atoms with E-state index in [1.807, 2.05) is 28.8 Å². The van der Waals surface area contributed by atoms with Crippen molar-refractivity contribution in [3.63, 3.8) is 0 Å². The van der Waals surface area contributed by atoms with Crippen LogP contribution in [0.5, 0.6) is 0 Å². The Morgan fingerprint density at radius 3 is 2.94 bits per heavy atom. The van der Waals surface area contributed by atoms with Gasteiger partial charge in [0.05, 0.1) is 16.8 Å². The molecule has 1 amide bonds. The Balaban J connectivity index is 2.61. The minimum Gasteiger partial charge on any atom is -0.383 e. The fourth-order valence-electron chi connectivity index (χ4n) is 1.64. The van der Waals surface area contributed by atoms with Gasteiger partial charge in [0, 0.05) is 20.6 Å². The number of hydrogen-bond donors (Lipinski definition) is 0. The molecule has 0 aliphatic heterocycles. The van der Waals surface area contributed by atoms with E-state index in [4.69, 9.17) is 4.74 Å². The monoisotopic (exact) mass is 250 g/mol. The smallest absolute Gasteiger partial charge is 0.245 e. The van der Waals surface area contributed by atoms with E-state index in [-0.39, 0.29) is 5.91 Å². The maximum absolute atomic E-state index is 11.1. The summed E-state index contributed by atoms with van der Waals surface area (Å²) in [4.78, 5) is 15.9. The predicted molar refractivity (Wildman–Crippen MR) is 67.9 cm³/mol. The molecular formula is C12H14N2O2S. The molecule has 90 valence electrons. The summed E-state index contributed by atoms with van der Waals surface area (Å²) in [5, 5.41) is 0. The number of ether oxygens (including phenoxy) is 1. The second-order valence-electron chi connectivity index (χ2n) is 3.63. The van der Waals surface area contributed by atoms with Crippen LogP contribution >= 0.6 is 11.3 Å². The highest BCUT2D eigenvalue weighted by molar-refractivity contribution is 7.16. The van der Waals surface area contributed by atoms with Gasteiger partial charge in [-0.15, -0.1) is 0 Å². The van der Waals surface area contributed by atoms with Crippen LogP contribution in [0.2, 0.25) is 0 Å². The van der Waals surface area contributed by atoms with Gasteiger partial charge in [-0.2, -0.15) is 4.99 Å². The maximum atomic E-state index is 11.1. The molecule has 0 saturated heterocycles. The number of nitrogens with zero attached hydrogens (tertiary/aromatic N) is 2. The number of rotatable bonds is 3.